The van der Waals surface area contributed by atoms with Crippen LogP contribution < -0.4 is 19.8 Å². The van der Waals surface area contributed by atoms with E-state index in [2.05, 4.69) is 33.7 Å². The van der Waals surface area contributed by atoms with E-state index in [4.69, 9.17) is 4.98 Å². The lowest BCUT2D eigenvalue weighted by molar-refractivity contribution is 0.102. The summed E-state index contributed by atoms with van der Waals surface area (Å²) >= 11 is 0. The molecule has 1 aromatic carbocycles. The zero-order valence-electron chi connectivity index (χ0n) is 23.3. The Hall–Kier alpha value is -2.65. The molecule has 5 rings (SSSR count). The van der Waals surface area contributed by atoms with Crippen LogP contribution in [0.2, 0.25) is 0 Å². The van der Waals surface area contributed by atoms with Crippen molar-refractivity contribution in [3.05, 3.63) is 42.0 Å². The third-order valence-electron chi connectivity index (χ3n) is 8.03. The lowest BCUT2D eigenvalue weighted by Crippen LogP contribution is -2.40. The molecule has 2 N–H and O–H groups in total. The zero-order chi connectivity index (χ0) is 27.3. The summed E-state index contributed by atoms with van der Waals surface area (Å²) < 4.78 is 28.3. The lowest BCUT2D eigenvalue weighted by Gasteiger charge is -2.34. The zero-order valence-corrected chi connectivity index (χ0v) is 24.1. The number of hydrogen-bond donors (Lipinski definition) is 2. The van der Waals surface area contributed by atoms with Crippen molar-refractivity contribution < 1.29 is 13.2 Å². The summed E-state index contributed by atoms with van der Waals surface area (Å²) in [6, 6.07) is 10.2. The van der Waals surface area contributed by atoms with Crippen LogP contribution in [0, 0.1) is 10.8 Å². The highest BCUT2D eigenvalue weighted by Crippen LogP contribution is 2.54. The Kier molecular flexibility index (Phi) is 6.75. The fourth-order valence-electron chi connectivity index (χ4n) is 5.61. The number of anilines is 3. The molecule has 2 aliphatic heterocycles. The third kappa shape index (κ3) is 5.99. The van der Waals surface area contributed by atoms with E-state index >= 15 is 0 Å². The smallest absolute Gasteiger partial charge is 0.259 e. The minimum absolute atomic E-state index is 0.112. The number of aromatic nitrogens is 1. The highest BCUT2D eigenvalue weighted by atomic mass is 32.2. The number of pyridine rings is 1. The molecule has 2 aromatic rings. The highest BCUT2D eigenvalue weighted by molar-refractivity contribution is 7.89. The van der Waals surface area contributed by atoms with Gasteiger partial charge in [-0.3, -0.25) is 4.79 Å². The largest absolute Gasteiger partial charge is 0.356 e. The van der Waals surface area contributed by atoms with Gasteiger partial charge in [-0.15, -0.1) is 0 Å². The van der Waals surface area contributed by atoms with E-state index in [1.54, 1.807) is 32.9 Å². The van der Waals surface area contributed by atoms with E-state index in [0.717, 1.165) is 57.1 Å². The molecule has 1 aromatic heterocycles. The average Bonchev–Trinajstić information content (AvgIpc) is 3.48. The molecule has 1 amide bonds. The van der Waals surface area contributed by atoms with Crippen LogP contribution in [0.3, 0.4) is 0 Å². The summed E-state index contributed by atoms with van der Waals surface area (Å²) in [6.07, 6.45) is 6.01. The van der Waals surface area contributed by atoms with E-state index < -0.39 is 15.6 Å². The number of rotatable bonds is 6. The molecule has 0 bridgehead atoms. The molecule has 9 heteroatoms. The molecule has 0 radical (unpaired) electrons. The first kappa shape index (κ1) is 26.9. The number of piperidine rings is 1. The maximum absolute atomic E-state index is 13.6. The molecule has 1 saturated carbocycles. The van der Waals surface area contributed by atoms with Crippen LogP contribution in [0.4, 0.5) is 17.3 Å². The summed E-state index contributed by atoms with van der Waals surface area (Å²) in [6.45, 7) is 13.6. The van der Waals surface area contributed by atoms with Crippen molar-refractivity contribution in [3.8, 4) is 0 Å². The number of amides is 1. The molecule has 206 valence electrons. The van der Waals surface area contributed by atoms with Crippen LogP contribution in [-0.4, -0.2) is 51.0 Å². The maximum atomic E-state index is 13.6. The van der Waals surface area contributed by atoms with Gasteiger partial charge in [0.05, 0.1) is 10.5 Å². The van der Waals surface area contributed by atoms with E-state index in [0.29, 0.717) is 16.7 Å². The van der Waals surface area contributed by atoms with Crippen LogP contribution in [0.1, 0.15) is 77.1 Å². The van der Waals surface area contributed by atoms with Crippen LogP contribution in [0.15, 0.2) is 41.3 Å². The van der Waals surface area contributed by atoms with Crippen LogP contribution in [0.25, 0.3) is 0 Å². The molecule has 38 heavy (non-hydrogen) atoms. The predicted molar refractivity (Wildman–Crippen MR) is 152 cm³/mol. The minimum Gasteiger partial charge on any atom is -0.356 e. The van der Waals surface area contributed by atoms with Crippen molar-refractivity contribution in [2.24, 2.45) is 10.8 Å². The molecular weight excluding hydrogens is 498 g/mol. The number of nitrogens with zero attached hydrogens (tertiary/aromatic N) is 3. The standard InChI is InChI=1S/C29H41N5O3S/c1-27(2,3)32-38(36,37)22-8-6-7-21(19-22)30-26(35)23-9-10-24(34-16-13-28(4,5)20-34)31-25(23)33-17-14-29(11-12-29)15-18-33/h6-10,19,32H,11-18,20H2,1-5H3,(H,30,35). The van der Waals surface area contributed by atoms with E-state index in [-0.39, 0.29) is 16.2 Å². The summed E-state index contributed by atoms with van der Waals surface area (Å²) in [5, 5.41) is 2.93. The number of benzene rings is 1. The Bertz CT molecular complexity index is 1320. The van der Waals surface area contributed by atoms with Gasteiger partial charge in [0, 0.05) is 37.4 Å². The SMILES string of the molecule is CC1(C)CCN(c2ccc(C(=O)Nc3cccc(S(=O)(=O)NC(C)(C)C)c3)c(N3CCC4(CC3)CC4)n2)C1. The normalized spacial score (nSPS) is 20.6. The molecule has 0 atom stereocenters. The summed E-state index contributed by atoms with van der Waals surface area (Å²) in [7, 11) is -3.72. The molecule has 2 saturated heterocycles. The Labute approximate surface area is 227 Å². The monoisotopic (exact) mass is 539 g/mol. The first-order chi connectivity index (χ1) is 17.7. The number of hydrogen-bond acceptors (Lipinski definition) is 6. The summed E-state index contributed by atoms with van der Waals surface area (Å²) in [4.78, 5) is 23.3. The first-order valence-electron chi connectivity index (χ1n) is 13.7. The number of nitrogens with one attached hydrogen (secondary N) is 2. The summed E-state index contributed by atoms with van der Waals surface area (Å²) in [5.74, 6) is 1.35. The molecule has 3 heterocycles. The van der Waals surface area contributed by atoms with Gasteiger partial charge in [0.2, 0.25) is 10.0 Å². The first-order valence-corrected chi connectivity index (χ1v) is 15.2. The Morgan fingerprint density at radius 2 is 1.63 bits per heavy atom. The number of carbonyl (C=O) groups is 1. The molecule has 3 fully saturated rings. The quantitative estimate of drug-likeness (QED) is 0.535. The van der Waals surface area contributed by atoms with Crippen molar-refractivity contribution in [2.75, 3.05) is 41.3 Å². The fraction of sp³-hybridized carbons (Fsp3) is 0.586. The molecular formula is C29H41N5O3S. The second-order valence-electron chi connectivity index (χ2n) is 13.2. The van der Waals surface area contributed by atoms with Crippen LogP contribution in [-0.2, 0) is 10.0 Å². The van der Waals surface area contributed by atoms with Crippen LogP contribution >= 0.6 is 0 Å². The fourth-order valence-corrected chi connectivity index (χ4v) is 7.08. The van der Waals surface area contributed by atoms with Crippen molar-refractivity contribution in [1.29, 1.82) is 0 Å². The Morgan fingerprint density at radius 3 is 2.24 bits per heavy atom. The van der Waals surface area contributed by atoms with Crippen molar-refractivity contribution in [2.45, 2.75) is 77.2 Å². The topological polar surface area (TPSA) is 94.6 Å². The van der Waals surface area contributed by atoms with Crippen molar-refractivity contribution in [3.63, 3.8) is 0 Å². The van der Waals surface area contributed by atoms with Gasteiger partial charge in [-0.2, -0.15) is 0 Å². The summed E-state index contributed by atoms with van der Waals surface area (Å²) in [5.41, 5.74) is 1.09. The van der Waals surface area contributed by atoms with Gasteiger partial charge < -0.3 is 15.1 Å². The average molecular weight is 540 g/mol. The van der Waals surface area contributed by atoms with Gasteiger partial charge in [-0.1, -0.05) is 19.9 Å². The van der Waals surface area contributed by atoms with Gasteiger partial charge in [-0.25, -0.2) is 18.1 Å². The minimum atomic E-state index is -3.72. The molecule has 0 unspecified atom stereocenters. The van der Waals surface area contributed by atoms with Gasteiger partial charge in [0.25, 0.3) is 5.91 Å². The van der Waals surface area contributed by atoms with Gasteiger partial charge in [0.1, 0.15) is 11.6 Å². The van der Waals surface area contributed by atoms with Crippen molar-refractivity contribution in [1.82, 2.24) is 9.71 Å². The van der Waals surface area contributed by atoms with Gasteiger partial charge in [-0.05, 0) is 94.0 Å². The second-order valence-corrected chi connectivity index (χ2v) is 14.9. The molecule has 1 spiro atoms. The van der Waals surface area contributed by atoms with E-state index in [9.17, 15) is 13.2 Å². The van der Waals surface area contributed by atoms with E-state index in [1.165, 1.54) is 25.0 Å². The van der Waals surface area contributed by atoms with E-state index in [1.807, 2.05) is 12.1 Å². The maximum Gasteiger partial charge on any atom is 0.259 e. The third-order valence-corrected chi connectivity index (χ3v) is 9.79. The van der Waals surface area contributed by atoms with Gasteiger partial charge >= 0.3 is 0 Å². The Balaban J connectivity index is 1.41. The lowest BCUT2D eigenvalue weighted by atomic mass is 9.93. The molecule has 8 nitrogen and oxygen atoms in total. The predicted octanol–water partition coefficient (Wildman–Crippen LogP) is 5.03. The van der Waals surface area contributed by atoms with Crippen molar-refractivity contribution >= 4 is 33.3 Å². The number of sulfonamides is 1. The highest BCUT2D eigenvalue weighted by Gasteiger charge is 2.45. The van der Waals surface area contributed by atoms with Gasteiger partial charge in [0.15, 0.2) is 0 Å². The molecule has 1 aliphatic carbocycles. The number of carbonyl (C=O) groups excluding carboxylic acids is 1. The Morgan fingerprint density at radius 1 is 0.947 bits per heavy atom. The van der Waals surface area contributed by atoms with Crippen LogP contribution in [0.5, 0.6) is 0 Å². The molecule has 3 aliphatic rings. The second kappa shape index (κ2) is 9.52.